The Morgan fingerprint density at radius 1 is 1.50 bits per heavy atom. The molecule has 0 unspecified atom stereocenters. The van der Waals surface area contributed by atoms with Gasteiger partial charge in [0.1, 0.15) is 0 Å². The summed E-state index contributed by atoms with van der Waals surface area (Å²) in [6.07, 6.45) is -3.65. The van der Waals surface area contributed by atoms with E-state index in [9.17, 15) is 18.0 Å². The van der Waals surface area contributed by atoms with Gasteiger partial charge < -0.3 is 16.2 Å². The molecule has 0 saturated heterocycles. The maximum Gasteiger partial charge on any atom is 0.422 e. The number of primary amides is 1. The van der Waals surface area contributed by atoms with Crippen molar-refractivity contribution in [2.24, 2.45) is 5.73 Å². The number of anilines is 1. The van der Waals surface area contributed by atoms with Crippen LogP contribution in [0, 0.1) is 0 Å². The number of nitrogens with zero attached hydrogens (tertiary/aromatic N) is 2. The van der Waals surface area contributed by atoms with E-state index in [2.05, 4.69) is 14.7 Å². The van der Waals surface area contributed by atoms with Crippen LogP contribution in [0.1, 0.15) is 10.5 Å². The minimum absolute atomic E-state index is 0.320. The largest absolute Gasteiger partial charge is 0.467 e. The van der Waals surface area contributed by atoms with Crippen LogP contribution in [0.4, 0.5) is 19.0 Å². The van der Waals surface area contributed by atoms with Gasteiger partial charge in [-0.05, 0) is 0 Å². The first-order chi connectivity index (χ1) is 7.29. The number of rotatable bonds is 3. The molecule has 0 radical (unpaired) electrons. The van der Waals surface area contributed by atoms with Crippen LogP contribution in [0.2, 0.25) is 0 Å². The quantitative estimate of drug-likeness (QED) is 0.774. The SMILES string of the molecule is NC(=O)c1ncc(OCC(F)(F)F)nc1N. The van der Waals surface area contributed by atoms with Gasteiger partial charge in [-0.2, -0.15) is 18.2 Å². The molecule has 0 atom stereocenters. The minimum atomic E-state index is -4.49. The van der Waals surface area contributed by atoms with Crippen molar-refractivity contribution in [2.75, 3.05) is 12.3 Å². The molecule has 4 N–H and O–H groups in total. The molecule has 0 aliphatic heterocycles. The number of hydrogen-bond acceptors (Lipinski definition) is 5. The van der Waals surface area contributed by atoms with Crippen molar-refractivity contribution >= 4 is 11.7 Å². The predicted octanol–water partition coefficient (Wildman–Crippen LogP) is 0.0988. The van der Waals surface area contributed by atoms with Crippen LogP contribution < -0.4 is 16.2 Å². The van der Waals surface area contributed by atoms with E-state index in [-0.39, 0.29) is 11.5 Å². The fraction of sp³-hybridized carbons (Fsp3) is 0.286. The van der Waals surface area contributed by atoms with Gasteiger partial charge in [0.2, 0.25) is 5.88 Å². The topological polar surface area (TPSA) is 104 Å². The van der Waals surface area contributed by atoms with Crippen molar-refractivity contribution in [3.63, 3.8) is 0 Å². The molecule has 1 amide bonds. The monoisotopic (exact) mass is 236 g/mol. The standard InChI is InChI=1S/C7H7F3N4O2/c8-7(9,10)2-16-3-1-13-4(6(12)15)5(11)14-3/h1H,2H2,(H2,11,14)(H2,12,15). The Morgan fingerprint density at radius 3 is 2.56 bits per heavy atom. The lowest BCUT2D eigenvalue weighted by Crippen LogP contribution is -2.21. The second-order valence-electron chi connectivity index (χ2n) is 2.71. The molecule has 0 bridgehead atoms. The number of hydrogen-bond donors (Lipinski definition) is 2. The van der Waals surface area contributed by atoms with Gasteiger partial charge in [-0.15, -0.1) is 0 Å². The maximum absolute atomic E-state index is 11.8. The number of nitrogens with two attached hydrogens (primary N) is 2. The summed E-state index contributed by atoms with van der Waals surface area (Å²) in [6.45, 7) is -1.52. The fourth-order valence-corrected chi connectivity index (χ4v) is 0.802. The maximum atomic E-state index is 11.8. The zero-order valence-electron chi connectivity index (χ0n) is 7.78. The first kappa shape index (κ1) is 12.0. The van der Waals surface area contributed by atoms with Crippen LogP contribution in [-0.4, -0.2) is 28.7 Å². The molecule has 0 aromatic carbocycles. The van der Waals surface area contributed by atoms with Crippen molar-refractivity contribution in [1.29, 1.82) is 0 Å². The summed E-state index contributed by atoms with van der Waals surface area (Å²) in [6, 6.07) is 0. The summed E-state index contributed by atoms with van der Waals surface area (Å²) in [5, 5.41) is 0. The van der Waals surface area contributed by atoms with Crippen molar-refractivity contribution in [2.45, 2.75) is 6.18 Å². The first-order valence-corrected chi connectivity index (χ1v) is 3.91. The van der Waals surface area contributed by atoms with Gasteiger partial charge >= 0.3 is 6.18 Å². The Morgan fingerprint density at radius 2 is 2.12 bits per heavy atom. The van der Waals surface area contributed by atoms with E-state index in [1.807, 2.05) is 0 Å². The molecule has 88 valence electrons. The predicted molar refractivity (Wildman–Crippen MR) is 46.5 cm³/mol. The zero-order valence-corrected chi connectivity index (χ0v) is 7.78. The van der Waals surface area contributed by atoms with Crippen LogP contribution in [0.25, 0.3) is 0 Å². The van der Waals surface area contributed by atoms with Crippen LogP contribution in [0.3, 0.4) is 0 Å². The smallest absolute Gasteiger partial charge is 0.422 e. The molecule has 1 aromatic rings. The number of carbonyl (C=O) groups excluding carboxylic acids is 1. The molecular weight excluding hydrogens is 229 g/mol. The molecule has 16 heavy (non-hydrogen) atoms. The van der Waals surface area contributed by atoms with Crippen molar-refractivity contribution < 1.29 is 22.7 Å². The molecule has 0 aliphatic rings. The summed E-state index contributed by atoms with van der Waals surface area (Å²) in [7, 11) is 0. The van der Waals surface area contributed by atoms with Gasteiger partial charge in [-0.25, -0.2) is 4.98 Å². The second kappa shape index (κ2) is 4.21. The van der Waals surface area contributed by atoms with Gasteiger partial charge in [0.05, 0.1) is 6.20 Å². The summed E-state index contributed by atoms with van der Waals surface area (Å²) >= 11 is 0. The minimum Gasteiger partial charge on any atom is -0.467 e. The lowest BCUT2D eigenvalue weighted by molar-refractivity contribution is -0.154. The van der Waals surface area contributed by atoms with Crippen molar-refractivity contribution in [3.05, 3.63) is 11.9 Å². The number of ether oxygens (including phenoxy) is 1. The van der Waals surface area contributed by atoms with Crippen molar-refractivity contribution in [3.8, 4) is 5.88 Å². The van der Waals surface area contributed by atoms with Crippen LogP contribution >= 0.6 is 0 Å². The summed E-state index contributed by atoms with van der Waals surface area (Å²) in [5.74, 6) is -1.74. The molecule has 1 heterocycles. The molecule has 0 spiro atoms. The summed E-state index contributed by atoms with van der Waals surface area (Å²) in [5.41, 5.74) is 9.77. The van der Waals surface area contributed by atoms with Crippen molar-refractivity contribution in [1.82, 2.24) is 9.97 Å². The molecule has 1 rings (SSSR count). The van der Waals surface area contributed by atoms with E-state index in [1.165, 1.54) is 0 Å². The number of aromatic nitrogens is 2. The number of alkyl halides is 3. The Balaban J connectivity index is 2.78. The number of halogens is 3. The molecule has 1 aromatic heterocycles. The summed E-state index contributed by atoms with van der Waals surface area (Å²) < 4.78 is 39.6. The lowest BCUT2D eigenvalue weighted by atomic mass is 10.4. The Labute approximate surface area is 87.4 Å². The highest BCUT2D eigenvalue weighted by atomic mass is 19.4. The molecule has 0 saturated carbocycles. The van der Waals surface area contributed by atoms with Gasteiger partial charge in [0.25, 0.3) is 5.91 Å². The van der Waals surface area contributed by atoms with E-state index in [0.29, 0.717) is 0 Å². The molecule has 0 fully saturated rings. The normalized spacial score (nSPS) is 11.2. The highest BCUT2D eigenvalue weighted by molar-refractivity contribution is 5.94. The van der Waals surface area contributed by atoms with Crippen LogP contribution in [0.15, 0.2) is 6.20 Å². The van der Waals surface area contributed by atoms with Gasteiger partial charge in [0, 0.05) is 0 Å². The van der Waals surface area contributed by atoms with E-state index < -0.39 is 24.6 Å². The molecular formula is C7H7F3N4O2. The van der Waals surface area contributed by atoms with Crippen LogP contribution in [0.5, 0.6) is 5.88 Å². The third-order valence-corrected chi connectivity index (χ3v) is 1.39. The molecule has 9 heteroatoms. The fourth-order valence-electron chi connectivity index (χ4n) is 0.802. The van der Waals surface area contributed by atoms with E-state index in [1.54, 1.807) is 0 Å². The van der Waals surface area contributed by atoms with Gasteiger partial charge in [-0.3, -0.25) is 4.79 Å². The first-order valence-electron chi connectivity index (χ1n) is 3.91. The van der Waals surface area contributed by atoms with E-state index in [4.69, 9.17) is 11.5 Å². The molecule has 6 nitrogen and oxygen atoms in total. The average molecular weight is 236 g/mol. The highest BCUT2D eigenvalue weighted by Crippen LogP contribution is 2.17. The molecule has 0 aliphatic carbocycles. The van der Waals surface area contributed by atoms with Gasteiger partial charge in [-0.1, -0.05) is 0 Å². The van der Waals surface area contributed by atoms with Crippen LogP contribution in [-0.2, 0) is 0 Å². The van der Waals surface area contributed by atoms with E-state index >= 15 is 0 Å². The van der Waals surface area contributed by atoms with E-state index in [0.717, 1.165) is 6.20 Å². The Kier molecular flexibility index (Phi) is 3.16. The lowest BCUT2D eigenvalue weighted by Gasteiger charge is -2.08. The number of amides is 1. The second-order valence-corrected chi connectivity index (χ2v) is 2.71. The van der Waals surface area contributed by atoms with Gasteiger partial charge in [0.15, 0.2) is 18.1 Å². The Bertz CT molecular complexity index is 407. The third-order valence-electron chi connectivity index (χ3n) is 1.39. The Hall–Kier alpha value is -2.06. The number of carbonyl (C=O) groups is 1. The number of nitrogen functional groups attached to an aromatic ring is 1. The summed E-state index contributed by atoms with van der Waals surface area (Å²) in [4.78, 5) is 17.5. The average Bonchev–Trinajstić information content (AvgIpc) is 2.13. The third kappa shape index (κ3) is 3.26. The zero-order chi connectivity index (χ0) is 12.3. The highest BCUT2D eigenvalue weighted by Gasteiger charge is 2.28.